The number of aliphatic hydroxyl groups is 1. The molecule has 0 heterocycles. The van der Waals surface area contributed by atoms with Crippen LogP contribution in [0.2, 0.25) is 0 Å². The van der Waals surface area contributed by atoms with Gasteiger partial charge in [0.1, 0.15) is 0 Å². The molecule has 0 radical (unpaired) electrons. The van der Waals surface area contributed by atoms with E-state index in [4.69, 9.17) is 5.11 Å². The molecule has 2 rings (SSSR count). The van der Waals surface area contributed by atoms with E-state index in [1.54, 1.807) is 0 Å². The quantitative estimate of drug-likeness (QED) is 0.804. The third-order valence-electron chi connectivity index (χ3n) is 4.20. The molecule has 2 saturated carbocycles. The maximum absolute atomic E-state index is 12.6. The van der Waals surface area contributed by atoms with Gasteiger partial charge in [-0.15, -0.1) is 0 Å². The summed E-state index contributed by atoms with van der Waals surface area (Å²) in [6.45, 7) is 0.814. The van der Waals surface area contributed by atoms with Crippen molar-refractivity contribution in [2.24, 2.45) is 11.3 Å². The van der Waals surface area contributed by atoms with Gasteiger partial charge in [0.2, 0.25) is 0 Å². The van der Waals surface area contributed by atoms with Gasteiger partial charge in [0.05, 0.1) is 5.92 Å². The highest BCUT2D eigenvalue weighted by Gasteiger charge is 2.44. The summed E-state index contributed by atoms with van der Waals surface area (Å²) in [5.74, 6) is -1.14. The van der Waals surface area contributed by atoms with Gasteiger partial charge in [-0.05, 0) is 32.1 Å². The number of alkyl halides is 3. The Balaban J connectivity index is 1.78. The van der Waals surface area contributed by atoms with Crippen molar-refractivity contribution in [1.29, 1.82) is 0 Å². The minimum Gasteiger partial charge on any atom is -0.396 e. The molecule has 0 aliphatic heterocycles. The van der Waals surface area contributed by atoms with Crippen molar-refractivity contribution in [1.82, 2.24) is 5.32 Å². The highest BCUT2D eigenvalue weighted by molar-refractivity contribution is 4.95. The Morgan fingerprint density at radius 1 is 1.24 bits per heavy atom. The van der Waals surface area contributed by atoms with Gasteiger partial charge in [0.15, 0.2) is 0 Å². The van der Waals surface area contributed by atoms with Crippen LogP contribution in [-0.2, 0) is 0 Å². The zero-order chi connectivity index (χ0) is 12.5. The Morgan fingerprint density at radius 2 is 1.94 bits per heavy atom. The largest absolute Gasteiger partial charge is 0.396 e. The molecule has 2 fully saturated rings. The van der Waals surface area contributed by atoms with E-state index in [0.717, 1.165) is 19.3 Å². The fourth-order valence-corrected chi connectivity index (χ4v) is 2.60. The molecule has 100 valence electrons. The predicted molar refractivity (Wildman–Crippen MR) is 58.6 cm³/mol. The second-order valence-electron chi connectivity index (χ2n) is 5.64. The van der Waals surface area contributed by atoms with Gasteiger partial charge in [0.25, 0.3) is 0 Å². The molecular formula is C12H20F3NO. The van der Waals surface area contributed by atoms with E-state index in [9.17, 15) is 13.2 Å². The average Bonchev–Trinajstić information content (AvgIpc) is 3.06. The van der Waals surface area contributed by atoms with Crippen LogP contribution >= 0.6 is 0 Å². The SMILES string of the molecule is OCC1(CNC2CCCC(C(F)(F)F)C2)CC1. The summed E-state index contributed by atoms with van der Waals surface area (Å²) in [6.07, 6.45) is -0.119. The van der Waals surface area contributed by atoms with Gasteiger partial charge in [0, 0.05) is 24.6 Å². The highest BCUT2D eigenvalue weighted by Crippen LogP contribution is 2.45. The molecule has 0 aromatic heterocycles. The van der Waals surface area contributed by atoms with E-state index in [2.05, 4.69) is 5.32 Å². The van der Waals surface area contributed by atoms with Crippen LogP contribution in [0.4, 0.5) is 13.2 Å². The maximum atomic E-state index is 12.6. The maximum Gasteiger partial charge on any atom is 0.391 e. The zero-order valence-corrected chi connectivity index (χ0v) is 9.89. The summed E-state index contributed by atoms with van der Waals surface area (Å²) in [5.41, 5.74) is -0.0226. The summed E-state index contributed by atoms with van der Waals surface area (Å²) in [4.78, 5) is 0. The van der Waals surface area contributed by atoms with Gasteiger partial charge < -0.3 is 10.4 Å². The Bertz CT molecular complexity index is 263. The Kier molecular flexibility index (Phi) is 3.69. The highest BCUT2D eigenvalue weighted by atomic mass is 19.4. The average molecular weight is 251 g/mol. The molecule has 2 atom stereocenters. The zero-order valence-electron chi connectivity index (χ0n) is 9.89. The Labute approximate surface area is 99.6 Å². The normalized spacial score (nSPS) is 32.5. The lowest BCUT2D eigenvalue weighted by Crippen LogP contribution is -2.41. The van der Waals surface area contributed by atoms with Gasteiger partial charge in [-0.2, -0.15) is 13.2 Å². The minimum atomic E-state index is -4.05. The summed E-state index contributed by atoms with van der Waals surface area (Å²) in [5, 5.41) is 12.4. The molecule has 0 amide bonds. The van der Waals surface area contributed by atoms with Crippen LogP contribution in [-0.4, -0.2) is 30.5 Å². The predicted octanol–water partition coefficient (Wildman–Crippen LogP) is 2.47. The molecule has 2 unspecified atom stereocenters. The fourth-order valence-electron chi connectivity index (χ4n) is 2.60. The van der Waals surface area contributed by atoms with Crippen LogP contribution < -0.4 is 5.32 Å². The van der Waals surface area contributed by atoms with Crippen molar-refractivity contribution in [2.45, 2.75) is 50.7 Å². The number of hydrogen-bond donors (Lipinski definition) is 2. The number of aliphatic hydroxyl groups excluding tert-OH is 1. The molecule has 2 aliphatic rings. The lowest BCUT2D eigenvalue weighted by atomic mass is 9.85. The molecule has 2 nitrogen and oxygen atoms in total. The van der Waals surface area contributed by atoms with Crippen molar-refractivity contribution in [3.63, 3.8) is 0 Å². The summed E-state index contributed by atoms with van der Waals surface area (Å²) >= 11 is 0. The first-order chi connectivity index (χ1) is 7.95. The number of halogens is 3. The molecule has 2 N–H and O–H groups in total. The van der Waals surface area contributed by atoms with Crippen molar-refractivity contribution in [3.8, 4) is 0 Å². The topological polar surface area (TPSA) is 32.3 Å². The van der Waals surface area contributed by atoms with Crippen LogP contribution in [0.25, 0.3) is 0 Å². The first kappa shape index (κ1) is 13.1. The molecule has 2 aliphatic carbocycles. The van der Waals surface area contributed by atoms with E-state index in [1.165, 1.54) is 0 Å². The third kappa shape index (κ3) is 3.35. The lowest BCUT2D eigenvalue weighted by Gasteiger charge is -2.32. The van der Waals surface area contributed by atoms with E-state index in [-0.39, 0.29) is 30.9 Å². The van der Waals surface area contributed by atoms with Gasteiger partial charge in [-0.25, -0.2) is 0 Å². The molecule has 17 heavy (non-hydrogen) atoms. The standard InChI is InChI=1S/C12H20F3NO/c13-12(14,15)9-2-1-3-10(6-9)16-7-11(8-17)4-5-11/h9-10,16-17H,1-8H2. The number of rotatable bonds is 4. The van der Waals surface area contributed by atoms with Gasteiger partial charge in [-0.1, -0.05) is 6.42 Å². The van der Waals surface area contributed by atoms with Crippen LogP contribution in [0.15, 0.2) is 0 Å². The van der Waals surface area contributed by atoms with E-state index in [0.29, 0.717) is 13.0 Å². The van der Waals surface area contributed by atoms with E-state index < -0.39 is 12.1 Å². The fraction of sp³-hybridized carbons (Fsp3) is 1.00. The van der Waals surface area contributed by atoms with Crippen molar-refractivity contribution >= 4 is 0 Å². The smallest absolute Gasteiger partial charge is 0.391 e. The van der Waals surface area contributed by atoms with Gasteiger partial charge >= 0.3 is 6.18 Å². The molecule has 0 bridgehead atoms. The molecule has 0 spiro atoms. The second-order valence-corrected chi connectivity index (χ2v) is 5.64. The first-order valence-electron chi connectivity index (χ1n) is 6.36. The van der Waals surface area contributed by atoms with Crippen LogP contribution in [0.1, 0.15) is 38.5 Å². The molecule has 5 heteroatoms. The molecule has 0 aromatic carbocycles. The molecule has 0 saturated heterocycles. The van der Waals surface area contributed by atoms with E-state index in [1.807, 2.05) is 0 Å². The molecule has 0 aromatic rings. The van der Waals surface area contributed by atoms with Crippen LogP contribution in [0.3, 0.4) is 0 Å². The van der Waals surface area contributed by atoms with Crippen molar-refractivity contribution in [3.05, 3.63) is 0 Å². The van der Waals surface area contributed by atoms with Crippen LogP contribution in [0, 0.1) is 11.3 Å². The first-order valence-corrected chi connectivity index (χ1v) is 6.36. The Morgan fingerprint density at radius 3 is 2.47 bits per heavy atom. The van der Waals surface area contributed by atoms with E-state index >= 15 is 0 Å². The third-order valence-corrected chi connectivity index (χ3v) is 4.20. The van der Waals surface area contributed by atoms with Gasteiger partial charge in [-0.3, -0.25) is 0 Å². The summed E-state index contributed by atoms with van der Waals surface area (Å²) in [6, 6.07) is -0.0283. The summed E-state index contributed by atoms with van der Waals surface area (Å²) in [7, 11) is 0. The number of hydrogen-bond acceptors (Lipinski definition) is 2. The Hall–Kier alpha value is -0.290. The minimum absolute atomic E-state index is 0.0226. The van der Waals surface area contributed by atoms with Crippen molar-refractivity contribution < 1.29 is 18.3 Å². The second kappa shape index (κ2) is 4.76. The van der Waals surface area contributed by atoms with Crippen LogP contribution in [0.5, 0.6) is 0 Å². The monoisotopic (exact) mass is 251 g/mol. The number of nitrogens with one attached hydrogen (secondary N) is 1. The van der Waals surface area contributed by atoms with Crippen molar-refractivity contribution in [2.75, 3.05) is 13.2 Å². The summed E-state index contributed by atoms with van der Waals surface area (Å²) < 4.78 is 37.8. The lowest BCUT2D eigenvalue weighted by molar-refractivity contribution is -0.183. The molecular weight excluding hydrogens is 231 g/mol.